The largest absolute Gasteiger partial charge is 0.497 e. The first kappa shape index (κ1) is 16.4. The highest BCUT2D eigenvalue weighted by Crippen LogP contribution is 2.24. The van der Waals surface area contributed by atoms with E-state index in [1.165, 1.54) is 25.3 Å². The van der Waals surface area contributed by atoms with E-state index in [9.17, 15) is 14.9 Å². The van der Waals surface area contributed by atoms with E-state index >= 15 is 0 Å². The highest BCUT2D eigenvalue weighted by atomic mass is 16.6. The van der Waals surface area contributed by atoms with Gasteiger partial charge >= 0.3 is 0 Å². The van der Waals surface area contributed by atoms with Crippen LogP contribution in [0.25, 0.3) is 5.65 Å². The fraction of sp³-hybridized carbons (Fsp3) is 0.176. The molecule has 0 fully saturated rings. The number of nitro groups is 1. The maximum Gasteiger partial charge on any atom is 0.282 e. The maximum atomic E-state index is 12.4. The number of nitrogens with one attached hydrogen (secondary N) is 1. The Morgan fingerprint density at radius 3 is 2.84 bits per heavy atom. The number of pyridine rings is 1. The van der Waals surface area contributed by atoms with E-state index in [0.29, 0.717) is 11.4 Å². The van der Waals surface area contributed by atoms with Crippen molar-refractivity contribution in [2.24, 2.45) is 0 Å². The summed E-state index contributed by atoms with van der Waals surface area (Å²) in [6.07, 6.45) is 1.82. The van der Waals surface area contributed by atoms with Crippen LogP contribution in [0.1, 0.15) is 21.7 Å². The lowest BCUT2D eigenvalue weighted by atomic mass is 10.1. The Labute approximate surface area is 143 Å². The number of fused-ring (bicyclic) bond motifs is 1. The number of benzene rings is 1. The lowest BCUT2D eigenvalue weighted by Gasteiger charge is -2.06. The molecule has 1 aromatic carbocycles. The Morgan fingerprint density at radius 2 is 2.16 bits per heavy atom. The number of aryl methyl sites for hydroxylation is 1. The fourth-order valence-corrected chi connectivity index (χ4v) is 2.53. The van der Waals surface area contributed by atoms with Crippen LogP contribution in [-0.2, 0) is 6.54 Å². The molecule has 0 saturated heterocycles. The molecule has 0 spiro atoms. The van der Waals surface area contributed by atoms with Crippen LogP contribution in [0, 0.1) is 17.0 Å². The number of hydrogen-bond acceptors (Lipinski definition) is 5. The Kier molecular flexibility index (Phi) is 4.34. The summed E-state index contributed by atoms with van der Waals surface area (Å²) in [5, 5.41) is 13.8. The van der Waals surface area contributed by atoms with Crippen LogP contribution >= 0.6 is 0 Å². The topological polar surface area (TPSA) is 98.8 Å². The SMILES string of the molecule is COc1ccc([N+](=O)[O-])c(C(=O)NCc2cn3c(C)cccc3n2)c1. The second kappa shape index (κ2) is 6.60. The van der Waals surface area contributed by atoms with Gasteiger partial charge in [0.25, 0.3) is 11.6 Å². The van der Waals surface area contributed by atoms with Gasteiger partial charge in [-0.05, 0) is 31.2 Å². The molecule has 3 aromatic rings. The summed E-state index contributed by atoms with van der Waals surface area (Å²) in [4.78, 5) is 27.3. The van der Waals surface area contributed by atoms with Gasteiger partial charge in [-0.3, -0.25) is 14.9 Å². The standard InChI is InChI=1S/C17H16N4O4/c1-11-4-3-5-16-19-12(10-20(11)16)9-18-17(22)14-8-13(25-2)6-7-15(14)21(23)24/h3-8,10H,9H2,1-2H3,(H,18,22). The Hall–Kier alpha value is -3.42. The van der Waals surface area contributed by atoms with Gasteiger partial charge in [0.1, 0.15) is 17.0 Å². The van der Waals surface area contributed by atoms with Crippen LogP contribution < -0.4 is 10.1 Å². The van der Waals surface area contributed by atoms with Crippen LogP contribution in [0.5, 0.6) is 5.75 Å². The molecule has 0 atom stereocenters. The van der Waals surface area contributed by atoms with E-state index in [-0.39, 0.29) is 17.8 Å². The number of amides is 1. The highest BCUT2D eigenvalue weighted by molar-refractivity contribution is 5.98. The third-order valence-corrected chi connectivity index (χ3v) is 3.82. The number of carbonyl (C=O) groups is 1. The molecule has 1 N–H and O–H groups in total. The normalized spacial score (nSPS) is 10.6. The minimum atomic E-state index is -0.595. The quantitative estimate of drug-likeness (QED) is 0.568. The first-order valence-electron chi connectivity index (χ1n) is 7.54. The molecule has 8 nitrogen and oxygen atoms in total. The monoisotopic (exact) mass is 340 g/mol. The maximum absolute atomic E-state index is 12.4. The molecule has 0 aliphatic carbocycles. The van der Waals surface area contributed by atoms with Gasteiger partial charge in [-0.1, -0.05) is 6.07 Å². The first-order valence-corrected chi connectivity index (χ1v) is 7.54. The van der Waals surface area contributed by atoms with Gasteiger partial charge in [-0.15, -0.1) is 0 Å². The van der Waals surface area contributed by atoms with Gasteiger partial charge in [0, 0.05) is 18.0 Å². The average Bonchev–Trinajstić information content (AvgIpc) is 3.03. The van der Waals surface area contributed by atoms with Crippen LogP contribution in [0.15, 0.2) is 42.6 Å². The molecule has 2 aromatic heterocycles. The van der Waals surface area contributed by atoms with Gasteiger partial charge in [-0.25, -0.2) is 4.98 Å². The highest BCUT2D eigenvalue weighted by Gasteiger charge is 2.21. The number of imidazole rings is 1. The average molecular weight is 340 g/mol. The summed E-state index contributed by atoms with van der Waals surface area (Å²) in [5.41, 5.74) is 2.13. The predicted octanol–water partition coefficient (Wildman–Crippen LogP) is 2.49. The molecule has 8 heteroatoms. The van der Waals surface area contributed by atoms with Crippen molar-refractivity contribution >= 4 is 17.2 Å². The Balaban J connectivity index is 1.82. The molecule has 3 rings (SSSR count). The fourth-order valence-electron chi connectivity index (χ4n) is 2.53. The van der Waals surface area contributed by atoms with Crippen molar-refractivity contribution in [2.45, 2.75) is 13.5 Å². The molecular weight excluding hydrogens is 324 g/mol. The molecule has 1 amide bonds. The first-order chi connectivity index (χ1) is 12.0. The second-order valence-electron chi connectivity index (χ2n) is 5.45. The van der Waals surface area contributed by atoms with Crippen LogP contribution in [0.3, 0.4) is 0 Å². The van der Waals surface area contributed by atoms with Crippen LogP contribution in [0.2, 0.25) is 0 Å². The molecule has 0 saturated carbocycles. The molecule has 128 valence electrons. The number of aromatic nitrogens is 2. The Morgan fingerprint density at radius 1 is 1.36 bits per heavy atom. The van der Waals surface area contributed by atoms with Gasteiger partial charge in [0.15, 0.2) is 0 Å². The zero-order chi connectivity index (χ0) is 18.0. The zero-order valence-electron chi connectivity index (χ0n) is 13.7. The molecule has 0 radical (unpaired) electrons. The molecule has 0 aliphatic heterocycles. The number of hydrogen-bond donors (Lipinski definition) is 1. The Bertz CT molecular complexity index is 964. The number of rotatable bonds is 5. The van der Waals surface area contributed by atoms with Gasteiger partial charge < -0.3 is 14.5 Å². The van der Waals surface area contributed by atoms with Crippen molar-refractivity contribution in [2.75, 3.05) is 7.11 Å². The minimum Gasteiger partial charge on any atom is -0.497 e. The van der Waals surface area contributed by atoms with Gasteiger partial charge in [-0.2, -0.15) is 0 Å². The smallest absolute Gasteiger partial charge is 0.282 e. The third kappa shape index (κ3) is 3.27. The zero-order valence-corrected chi connectivity index (χ0v) is 13.7. The molecule has 25 heavy (non-hydrogen) atoms. The summed E-state index contributed by atoms with van der Waals surface area (Å²) >= 11 is 0. The summed E-state index contributed by atoms with van der Waals surface area (Å²) in [5.74, 6) is -0.182. The third-order valence-electron chi connectivity index (χ3n) is 3.82. The van der Waals surface area contributed by atoms with Crippen molar-refractivity contribution in [3.63, 3.8) is 0 Å². The van der Waals surface area contributed by atoms with Gasteiger partial charge in [0.05, 0.1) is 24.3 Å². The van der Waals surface area contributed by atoms with Crippen molar-refractivity contribution in [1.82, 2.24) is 14.7 Å². The minimum absolute atomic E-state index is 0.0516. The van der Waals surface area contributed by atoms with Crippen molar-refractivity contribution in [3.8, 4) is 5.75 Å². The number of nitro benzene ring substituents is 1. The lowest BCUT2D eigenvalue weighted by Crippen LogP contribution is -2.24. The molecule has 2 heterocycles. The van der Waals surface area contributed by atoms with E-state index in [2.05, 4.69) is 10.3 Å². The van der Waals surface area contributed by atoms with Crippen LogP contribution in [0.4, 0.5) is 5.69 Å². The van der Waals surface area contributed by atoms with Crippen molar-refractivity contribution in [3.05, 3.63) is 69.7 Å². The molecule has 0 unspecified atom stereocenters. The lowest BCUT2D eigenvalue weighted by molar-refractivity contribution is -0.385. The number of ether oxygens (including phenoxy) is 1. The molecular formula is C17H16N4O4. The van der Waals surface area contributed by atoms with Crippen molar-refractivity contribution < 1.29 is 14.5 Å². The summed E-state index contributed by atoms with van der Waals surface area (Å²) in [7, 11) is 1.43. The molecule has 0 aliphatic rings. The van der Waals surface area contributed by atoms with E-state index in [1.807, 2.05) is 35.7 Å². The van der Waals surface area contributed by atoms with E-state index in [1.54, 1.807) is 0 Å². The predicted molar refractivity (Wildman–Crippen MR) is 90.7 cm³/mol. The van der Waals surface area contributed by atoms with Crippen molar-refractivity contribution in [1.29, 1.82) is 0 Å². The summed E-state index contributed by atoms with van der Waals surface area (Å²) in [6.45, 7) is 2.12. The number of carbonyl (C=O) groups excluding carboxylic acids is 1. The van der Waals surface area contributed by atoms with E-state index in [4.69, 9.17) is 4.74 Å². The second-order valence-corrected chi connectivity index (χ2v) is 5.45. The van der Waals surface area contributed by atoms with Crippen LogP contribution in [-0.4, -0.2) is 27.3 Å². The van der Waals surface area contributed by atoms with E-state index in [0.717, 1.165) is 11.3 Å². The van der Waals surface area contributed by atoms with E-state index < -0.39 is 10.8 Å². The summed E-state index contributed by atoms with van der Waals surface area (Å²) in [6, 6.07) is 9.77. The van der Waals surface area contributed by atoms with Gasteiger partial charge in [0.2, 0.25) is 0 Å². The molecule has 0 bridgehead atoms. The summed E-state index contributed by atoms with van der Waals surface area (Å²) < 4.78 is 6.95. The number of nitrogens with zero attached hydrogens (tertiary/aromatic N) is 3. The number of methoxy groups -OCH3 is 1.